The third kappa shape index (κ3) is 2.59. The van der Waals surface area contributed by atoms with Crippen molar-refractivity contribution in [2.45, 2.75) is 13.3 Å². The number of aryl methyl sites for hydroxylation is 1. The van der Waals surface area contributed by atoms with E-state index >= 15 is 0 Å². The molecule has 114 valence electrons. The molecule has 2 heterocycles. The van der Waals surface area contributed by atoms with E-state index in [1.54, 1.807) is 15.6 Å². The minimum atomic E-state index is -0.846. The SMILES string of the molecule is Cc1cc(C(=O)N2CC[C@@H](C(=O)O)C2)nn1-c1ccccc1. The van der Waals surface area contributed by atoms with Crippen LogP contribution in [0.2, 0.25) is 0 Å². The van der Waals surface area contributed by atoms with Crippen LogP contribution < -0.4 is 0 Å². The van der Waals surface area contributed by atoms with Crippen molar-refractivity contribution < 1.29 is 14.7 Å². The largest absolute Gasteiger partial charge is 0.481 e. The average Bonchev–Trinajstić information content (AvgIpc) is 3.14. The number of carboxylic acid groups (broad SMARTS) is 1. The molecule has 1 aromatic heterocycles. The standard InChI is InChI=1S/C16H17N3O3/c1-11-9-14(17-19(11)13-5-3-2-4-6-13)15(20)18-8-7-12(10-18)16(21)22/h2-6,9,12H,7-8,10H2,1H3,(H,21,22)/t12-/m1/s1. The maximum absolute atomic E-state index is 12.5. The van der Waals surface area contributed by atoms with E-state index in [0.29, 0.717) is 18.7 Å². The molecule has 1 amide bonds. The number of rotatable bonds is 3. The molecule has 1 N–H and O–H groups in total. The van der Waals surface area contributed by atoms with Crippen molar-refractivity contribution in [2.75, 3.05) is 13.1 Å². The molecule has 1 aliphatic heterocycles. The number of hydrogen-bond acceptors (Lipinski definition) is 3. The van der Waals surface area contributed by atoms with E-state index < -0.39 is 11.9 Å². The minimum absolute atomic E-state index is 0.207. The fourth-order valence-electron chi connectivity index (χ4n) is 2.72. The Bertz CT molecular complexity index is 709. The van der Waals surface area contributed by atoms with Gasteiger partial charge in [-0.3, -0.25) is 9.59 Å². The lowest BCUT2D eigenvalue weighted by Crippen LogP contribution is -2.30. The van der Waals surface area contributed by atoms with Crippen LogP contribution in [0, 0.1) is 12.8 Å². The smallest absolute Gasteiger partial charge is 0.308 e. The zero-order chi connectivity index (χ0) is 15.7. The van der Waals surface area contributed by atoms with E-state index in [-0.39, 0.29) is 12.5 Å². The summed E-state index contributed by atoms with van der Waals surface area (Å²) in [4.78, 5) is 25.0. The highest BCUT2D eigenvalue weighted by molar-refractivity contribution is 5.93. The zero-order valence-corrected chi connectivity index (χ0v) is 12.3. The normalized spacial score (nSPS) is 17.7. The van der Waals surface area contributed by atoms with Gasteiger partial charge in [0, 0.05) is 18.8 Å². The first-order valence-electron chi connectivity index (χ1n) is 7.20. The molecule has 6 heteroatoms. The summed E-state index contributed by atoms with van der Waals surface area (Å²) < 4.78 is 1.72. The molecule has 1 aliphatic rings. The molecule has 0 unspecified atom stereocenters. The topological polar surface area (TPSA) is 75.4 Å². The van der Waals surface area contributed by atoms with Gasteiger partial charge in [-0.05, 0) is 31.5 Å². The van der Waals surface area contributed by atoms with Crippen molar-refractivity contribution in [3.63, 3.8) is 0 Å². The monoisotopic (exact) mass is 299 g/mol. The second kappa shape index (κ2) is 5.63. The highest BCUT2D eigenvalue weighted by atomic mass is 16.4. The van der Waals surface area contributed by atoms with Crippen LogP contribution in [-0.4, -0.2) is 44.8 Å². The van der Waals surface area contributed by atoms with Crippen LogP contribution in [0.3, 0.4) is 0 Å². The lowest BCUT2D eigenvalue weighted by atomic mass is 10.1. The van der Waals surface area contributed by atoms with Gasteiger partial charge in [-0.2, -0.15) is 5.10 Å². The van der Waals surface area contributed by atoms with Gasteiger partial charge in [-0.25, -0.2) is 4.68 Å². The lowest BCUT2D eigenvalue weighted by molar-refractivity contribution is -0.141. The van der Waals surface area contributed by atoms with Gasteiger partial charge in [0.05, 0.1) is 11.6 Å². The summed E-state index contributed by atoms with van der Waals surface area (Å²) in [5.41, 5.74) is 2.11. The summed E-state index contributed by atoms with van der Waals surface area (Å²) in [7, 11) is 0. The third-order valence-electron chi connectivity index (χ3n) is 3.93. The van der Waals surface area contributed by atoms with Crippen molar-refractivity contribution in [1.29, 1.82) is 0 Å². The molecule has 22 heavy (non-hydrogen) atoms. The first-order chi connectivity index (χ1) is 10.6. The Labute approximate surface area is 128 Å². The molecule has 0 aliphatic carbocycles. The van der Waals surface area contributed by atoms with E-state index in [1.807, 2.05) is 37.3 Å². The summed E-state index contributed by atoms with van der Waals surface area (Å²) in [6.07, 6.45) is 0.499. The van der Waals surface area contributed by atoms with Gasteiger partial charge in [-0.1, -0.05) is 18.2 Å². The second-order valence-corrected chi connectivity index (χ2v) is 5.49. The van der Waals surface area contributed by atoms with Crippen LogP contribution >= 0.6 is 0 Å². The number of benzene rings is 1. The quantitative estimate of drug-likeness (QED) is 0.936. The fourth-order valence-corrected chi connectivity index (χ4v) is 2.72. The van der Waals surface area contributed by atoms with Crippen LogP contribution in [0.15, 0.2) is 36.4 Å². The van der Waals surface area contributed by atoms with Gasteiger partial charge >= 0.3 is 5.97 Å². The molecule has 1 fully saturated rings. The molecule has 0 saturated carbocycles. The Morgan fingerprint density at radius 3 is 2.64 bits per heavy atom. The third-order valence-corrected chi connectivity index (χ3v) is 3.93. The summed E-state index contributed by atoms with van der Waals surface area (Å²) in [6.45, 7) is 2.61. The maximum Gasteiger partial charge on any atom is 0.308 e. The molecule has 1 saturated heterocycles. The Morgan fingerprint density at radius 1 is 1.27 bits per heavy atom. The van der Waals surface area contributed by atoms with Gasteiger partial charge in [0.2, 0.25) is 0 Å². The van der Waals surface area contributed by atoms with Crippen LogP contribution in [-0.2, 0) is 4.79 Å². The molecule has 0 spiro atoms. The molecular formula is C16H17N3O3. The Kier molecular flexibility index (Phi) is 3.66. The Hall–Kier alpha value is -2.63. The Balaban J connectivity index is 1.82. The van der Waals surface area contributed by atoms with E-state index in [9.17, 15) is 9.59 Å². The first kappa shape index (κ1) is 14.3. The summed E-state index contributed by atoms with van der Waals surface area (Å²) in [6, 6.07) is 11.3. The van der Waals surface area contributed by atoms with Crippen LogP contribution in [0.25, 0.3) is 5.69 Å². The predicted octanol–water partition coefficient (Wildman–Crippen LogP) is 1.73. The number of aromatic nitrogens is 2. The van der Waals surface area contributed by atoms with Gasteiger partial charge < -0.3 is 10.0 Å². The van der Waals surface area contributed by atoms with Gasteiger partial charge in [0.25, 0.3) is 5.91 Å². The second-order valence-electron chi connectivity index (χ2n) is 5.49. The van der Waals surface area contributed by atoms with Crippen molar-refractivity contribution in [2.24, 2.45) is 5.92 Å². The zero-order valence-electron chi connectivity index (χ0n) is 12.3. The van der Waals surface area contributed by atoms with E-state index in [1.165, 1.54) is 0 Å². The number of para-hydroxylation sites is 1. The molecule has 3 rings (SSSR count). The van der Waals surface area contributed by atoms with Gasteiger partial charge in [0.15, 0.2) is 5.69 Å². The number of carbonyl (C=O) groups is 2. The van der Waals surface area contributed by atoms with Crippen LogP contribution in [0.5, 0.6) is 0 Å². The number of aliphatic carboxylic acids is 1. The fraction of sp³-hybridized carbons (Fsp3) is 0.312. The summed E-state index contributed by atoms with van der Waals surface area (Å²) in [5, 5.41) is 13.4. The molecule has 1 atom stereocenters. The summed E-state index contributed by atoms with van der Waals surface area (Å²) in [5.74, 6) is -1.52. The van der Waals surface area contributed by atoms with Crippen LogP contribution in [0.1, 0.15) is 22.6 Å². The van der Waals surface area contributed by atoms with E-state index in [4.69, 9.17) is 5.11 Å². The van der Waals surface area contributed by atoms with Crippen molar-refractivity contribution in [3.05, 3.63) is 47.8 Å². The molecule has 0 radical (unpaired) electrons. The number of amides is 1. The predicted molar refractivity (Wildman–Crippen MR) is 79.9 cm³/mol. The number of nitrogens with zero attached hydrogens (tertiary/aromatic N) is 3. The van der Waals surface area contributed by atoms with Crippen molar-refractivity contribution in [3.8, 4) is 5.69 Å². The van der Waals surface area contributed by atoms with Crippen molar-refractivity contribution in [1.82, 2.24) is 14.7 Å². The molecule has 6 nitrogen and oxygen atoms in total. The van der Waals surface area contributed by atoms with E-state index in [2.05, 4.69) is 5.10 Å². The average molecular weight is 299 g/mol. The van der Waals surface area contributed by atoms with Crippen molar-refractivity contribution >= 4 is 11.9 Å². The Morgan fingerprint density at radius 2 is 2.00 bits per heavy atom. The van der Waals surface area contributed by atoms with Crippen LogP contribution in [0.4, 0.5) is 0 Å². The summed E-state index contributed by atoms with van der Waals surface area (Å²) >= 11 is 0. The van der Waals surface area contributed by atoms with E-state index in [0.717, 1.165) is 11.4 Å². The molecule has 1 aromatic carbocycles. The molecule has 0 bridgehead atoms. The number of carbonyl (C=O) groups excluding carboxylic acids is 1. The number of carboxylic acids is 1. The highest BCUT2D eigenvalue weighted by Gasteiger charge is 2.32. The first-order valence-corrected chi connectivity index (χ1v) is 7.20. The maximum atomic E-state index is 12.5. The van der Waals surface area contributed by atoms with Gasteiger partial charge in [0.1, 0.15) is 0 Å². The molecule has 2 aromatic rings. The minimum Gasteiger partial charge on any atom is -0.481 e. The molecular weight excluding hydrogens is 282 g/mol. The number of likely N-dealkylation sites (tertiary alicyclic amines) is 1. The van der Waals surface area contributed by atoms with Gasteiger partial charge in [-0.15, -0.1) is 0 Å². The lowest BCUT2D eigenvalue weighted by Gasteiger charge is -2.13. The number of hydrogen-bond donors (Lipinski definition) is 1. The highest BCUT2D eigenvalue weighted by Crippen LogP contribution is 2.20.